The third kappa shape index (κ3) is 2.99. The molecule has 0 amide bonds. The van der Waals surface area contributed by atoms with Gasteiger partial charge in [0.15, 0.2) is 0 Å². The predicted octanol–water partition coefficient (Wildman–Crippen LogP) is 3.51. The maximum absolute atomic E-state index is 5.88. The van der Waals surface area contributed by atoms with Gasteiger partial charge in [-0.05, 0) is 37.8 Å². The predicted molar refractivity (Wildman–Crippen MR) is 76.2 cm³/mol. The van der Waals surface area contributed by atoms with E-state index in [1.165, 1.54) is 18.2 Å². The molecule has 1 aromatic heterocycles. The Morgan fingerprint density at radius 3 is 3.05 bits per heavy atom. The molecule has 2 aromatic rings. The van der Waals surface area contributed by atoms with Crippen molar-refractivity contribution >= 4 is 11.0 Å². The van der Waals surface area contributed by atoms with Gasteiger partial charge in [0.2, 0.25) is 0 Å². The number of para-hydroxylation sites is 1. The second kappa shape index (κ2) is 5.76. The molecule has 2 atom stereocenters. The zero-order valence-electron chi connectivity index (χ0n) is 11.4. The van der Waals surface area contributed by atoms with Gasteiger partial charge in [0.1, 0.15) is 11.3 Å². The first-order valence-corrected chi connectivity index (χ1v) is 7.12. The van der Waals surface area contributed by atoms with Crippen molar-refractivity contribution in [3.63, 3.8) is 0 Å². The second-order valence-electron chi connectivity index (χ2n) is 5.40. The molecule has 0 aliphatic carbocycles. The van der Waals surface area contributed by atoms with Gasteiger partial charge in [0, 0.05) is 18.5 Å². The summed E-state index contributed by atoms with van der Waals surface area (Å²) < 4.78 is 11.4. The van der Waals surface area contributed by atoms with Gasteiger partial charge >= 0.3 is 0 Å². The van der Waals surface area contributed by atoms with E-state index < -0.39 is 0 Å². The summed E-state index contributed by atoms with van der Waals surface area (Å²) in [6.07, 6.45) is 2.45. The van der Waals surface area contributed by atoms with E-state index in [1.54, 1.807) is 0 Å². The third-order valence-corrected chi connectivity index (χ3v) is 3.84. The van der Waals surface area contributed by atoms with Gasteiger partial charge in [-0.3, -0.25) is 0 Å². The van der Waals surface area contributed by atoms with Crippen LogP contribution in [0.1, 0.15) is 31.6 Å². The minimum absolute atomic E-state index is 0.245. The number of nitrogens with one attached hydrogen (secondary N) is 1. The molecule has 1 N–H and O–H groups in total. The quantitative estimate of drug-likeness (QED) is 0.912. The van der Waals surface area contributed by atoms with Crippen molar-refractivity contribution in [1.29, 1.82) is 0 Å². The van der Waals surface area contributed by atoms with E-state index in [9.17, 15) is 0 Å². The molecule has 3 heteroatoms. The summed E-state index contributed by atoms with van der Waals surface area (Å²) in [5, 5.41) is 4.73. The number of hydrogen-bond acceptors (Lipinski definition) is 3. The van der Waals surface area contributed by atoms with Gasteiger partial charge in [-0.1, -0.05) is 18.2 Å². The van der Waals surface area contributed by atoms with Crippen molar-refractivity contribution in [1.82, 2.24) is 5.32 Å². The van der Waals surface area contributed by atoms with Crippen LogP contribution < -0.4 is 5.32 Å². The topological polar surface area (TPSA) is 34.4 Å². The molecule has 102 valence electrons. The first-order chi connectivity index (χ1) is 9.33. The van der Waals surface area contributed by atoms with E-state index >= 15 is 0 Å². The average Bonchev–Trinajstić information content (AvgIpc) is 2.90. The first-order valence-electron chi connectivity index (χ1n) is 7.12. The molecule has 3 nitrogen and oxygen atoms in total. The molecule has 1 aliphatic rings. The third-order valence-electron chi connectivity index (χ3n) is 3.84. The minimum atomic E-state index is 0.245. The lowest BCUT2D eigenvalue weighted by atomic mass is 10.0. The number of hydrogen-bond donors (Lipinski definition) is 1. The highest BCUT2D eigenvalue weighted by Crippen LogP contribution is 2.24. The lowest BCUT2D eigenvalue weighted by Gasteiger charge is -2.23. The molecule has 0 bridgehead atoms. The Morgan fingerprint density at radius 2 is 2.26 bits per heavy atom. The van der Waals surface area contributed by atoms with Crippen molar-refractivity contribution < 1.29 is 9.15 Å². The molecular formula is C16H21NO2. The maximum atomic E-state index is 5.88. The highest BCUT2D eigenvalue weighted by atomic mass is 16.5. The molecule has 2 heterocycles. The Bertz CT molecular complexity index is 495. The standard InChI is InChI=1S/C16H21NO2/c1-12(17-10-13-5-4-8-18-11-13)16-9-14-6-2-3-7-15(14)19-16/h2-3,6-7,9,12-13,17H,4-5,8,10-11H2,1H3. The van der Waals surface area contributed by atoms with E-state index in [1.807, 2.05) is 18.2 Å². The van der Waals surface area contributed by atoms with Gasteiger partial charge in [-0.25, -0.2) is 0 Å². The zero-order chi connectivity index (χ0) is 13.1. The molecule has 1 aliphatic heterocycles. The number of fused-ring (bicyclic) bond motifs is 1. The fourth-order valence-electron chi connectivity index (χ4n) is 2.63. The highest BCUT2D eigenvalue weighted by molar-refractivity contribution is 5.77. The normalized spacial score (nSPS) is 21.6. The molecule has 0 radical (unpaired) electrons. The summed E-state index contributed by atoms with van der Waals surface area (Å²) in [5.74, 6) is 1.65. The summed E-state index contributed by atoms with van der Waals surface area (Å²) in [6.45, 7) is 4.97. The van der Waals surface area contributed by atoms with E-state index in [4.69, 9.17) is 9.15 Å². The molecule has 3 rings (SSSR count). The van der Waals surface area contributed by atoms with Gasteiger partial charge in [0.25, 0.3) is 0 Å². The van der Waals surface area contributed by atoms with E-state index in [0.29, 0.717) is 5.92 Å². The summed E-state index contributed by atoms with van der Waals surface area (Å²) in [7, 11) is 0. The number of ether oxygens (including phenoxy) is 1. The molecule has 0 saturated carbocycles. The van der Waals surface area contributed by atoms with Crippen LogP contribution >= 0.6 is 0 Å². The Labute approximate surface area is 113 Å². The SMILES string of the molecule is CC(NCC1CCCOC1)c1cc2ccccc2o1. The molecule has 1 saturated heterocycles. The van der Waals surface area contributed by atoms with Crippen LogP contribution in [0, 0.1) is 5.92 Å². The highest BCUT2D eigenvalue weighted by Gasteiger charge is 2.16. The van der Waals surface area contributed by atoms with Crippen molar-refractivity contribution in [3.8, 4) is 0 Å². The summed E-state index contributed by atoms with van der Waals surface area (Å²) >= 11 is 0. The van der Waals surface area contributed by atoms with Gasteiger partial charge in [-0.2, -0.15) is 0 Å². The van der Waals surface area contributed by atoms with Crippen LogP contribution in [0.5, 0.6) is 0 Å². The largest absolute Gasteiger partial charge is 0.459 e. The summed E-state index contributed by atoms with van der Waals surface area (Å²) in [4.78, 5) is 0. The summed E-state index contributed by atoms with van der Waals surface area (Å²) in [5.41, 5.74) is 0.965. The van der Waals surface area contributed by atoms with E-state index in [0.717, 1.165) is 31.1 Å². The fraction of sp³-hybridized carbons (Fsp3) is 0.500. The molecule has 0 spiro atoms. The average molecular weight is 259 g/mol. The van der Waals surface area contributed by atoms with E-state index in [-0.39, 0.29) is 6.04 Å². The van der Waals surface area contributed by atoms with Crippen LogP contribution in [-0.4, -0.2) is 19.8 Å². The van der Waals surface area contributed by atoms with Crippen molar-refractivity contribution in [2.24, 2.45) is 5.92 Å². The van der Waals surface area contributed by atoms with Crippen LogP contribution in [0.4, 0.5) is 0 Å². The Balaban J connectivity index is 1.61. The van der Waals surface area contributed by atoms with Gasteiger partial charge in [0.05, 0.1) is 12.6 Å². The monoisotopic (exact) mass is 259 g/mol. The Kier molecular flexibility index (Phi) is 3.85. The number of furan rings is 1. The second-order valence-corrected chi connectivity index (χ2v) is 5.40. The minimum Gasteiger partial charge on any atom is -0.459 e. The number of rotatable bonds is 4. The number of benzene rings is 1. The smallest absolute Gasteiger partial charge is 0.134 e. The molecule has 19 heavy (non-hydrogen) atoms. The Morgan fingerprint density at radius 1 is 1.37 bits per heavy atom. The lowest BCUT2D eigenvalue weighted by Crippen LogP contribution is -2.30. The van der Waals surface area contributed by atoms with Crippen LogP contribution in [0.3, 0.4) is 0 Å². The Hall–Kier alpha value is -1.32. The van der Waals surface area contributed by atoms with Crippen LogP contribution in [0.15, 0.2) is 34.7 Å². The van der Waals surface area contributed by atoms with E-state index in [2.05, 4.69) is 24.4 Å². The van der Waals surface area contributed by atoms with Crippen molar-refractivity contribution in [2.45, 2.75) is 25.8 Å². The van der Waals surface area contributed by atoms with Crippen molar-refractivity contribution in [2.75, 3.05) is 19.8 Å². The summed E-state index contributed by atoms with van der Waals surface area (Å²) in [6, 6.07) is 10.5. The van der Waals surface area contributed by atoms with Crippen molar-refractivity contribution in [3.05, 3.63) is 36.1 Å². The molecule has 2 unspecified atom stereocenters. The molecule has 1 aromatic carbocycles. The van der Waals surface area contributed by atoms with Crippen LogP contribution in [-0.2, 0) is 4.74 Å². The fourth-order valence-corrected chi connectivity index (χ4v) is 2.63. The van der Waals surface area contributed by atoms with Gasteiger partial charge in [-0.15, -0.1) is 0 Å². The molecule has 1 fully saturated rings. The van der Waals surface area contributed by atoms with Crippen LogP contribution in [0.25, 0.3) is 11.0 Å². The van der Waals surface area contributed by atoms with Crippen LogP contribution in [0.2, 0.25) is 0 Å². The first kappa shape index (κ1) is 12.7. The van der Waals surface area contributed by atoms with Gasteiger partial charge < -0.3 is 14.5 Å². The zero-order valence-corrected chi connectivity index (χ0v) is 11.4. The lowest BCUT2D eigenvalue weighted by molar-refractivity contribution is 0.0537. The molecular weight excluding hydrogens is 238 g/mol. The maximum Gasteiger partial charge on any atom is 0.134 e.